The number of fused-ring (bicyclic) bond motifs is 4. The molecular weight excluding hydrogens is 802 g/mol. The topological polar surface area (TPSA) is 142 Å². The molecule has 0 spiro atoms. The van der Waals surface area contributed by atoms with Crippen molar-refractivity contribution in [3.05, 3.63) is 130 Å². The van der Waals surface area contributed by atoms with Crippen molar-refractivity contribution in [2.24, 2.45) is 17.8 Å². The average molecular weight is 828 g/mol. The van der Waals surface area contributed by atoms with Gasteiger partial charge in [-0.1, -0.05) is 54.1 Å². The number of nitrogens with zero attached hydrogens (tertiary/aromatic N) is 2. The number of anilines is 2. The fourth-order valence-electron chi connectivity index (χ4n) is 8.54. The Morgan fingerprint density at radius 1 is 0.789 bits per heavy atom. The number of carbonyl (C=O) groups is 5. The quantitative estimate of drug-likeness (QED) is 0.0501. The lowest BCUT2D eigenvalue weighted by Crippen LogP contribution is -2.60. The van der Waals surface area contributed by atoms with E-state index in [0.717, 1.165) is 22.6 Å². The normalized spacial score (nSPS) is 26.6. The summed E-state index contributed by atoms with van der Waals surface area (Å²) in [5.74, 6) is -24.7. The molecule has 2 saturated heterocycles. The Hall–Kier alpha value is -5.80. The van der Waals surface area contributed by atoms with Crippen molar-refractivity contribution in [3.63, 3.8) is 0 Å². The molecule has 292 valence electrons. The Labute approximate surface area is 328 Å². The van der Waals surface area contributed by atoms with E-state index in [4.69, 9.17) is 27.9 Å². The van der Waals surface area contributed by atoms with E-state index in [0.29, 0.717) is 0 Å². The molecule has 8 rings (SSSR count). The molecule has 3 fully saturated rings. The fraction of sp³-hybridized carbons (Fsp3) is 0.225. The van der Waals surface area contributed by atoms with Gasteiger partial charge in [0.15, 0.2) is 33.0 Å². The number of carbonyl (C=O) groups excluding carboxylic acids is 4. The number of hydrogen-bond donors (Lipinski definition) is 2. The van der Waals surface area contributed by atoms with Crippen molar-refractivity contribution < 1.29 is 60.9 Å². The Morgan fingerprint density at radius 2 is 1.46 bits per heavy atom. The van der Waals surface area contributed by atoms with Crippen LogP contribution in [0.5, 0.6) is 11.5 Å². The first kappa shape index (κ1) is 38.1. The number of phenols is 1. The van der Waals surface area contributed by atoms with E-state index < -0.39 is 110 Å². The van der Waals surface area contributed by atoms with Gasteiger partial charge >= 0.3 is 5.97 Å². The molecule has 0 bridgehead atoms. The van der Waals surface area contributed by atoms with Crippen LogP contribution in [-0.2, 0) is 25.8 Å². The Balaban J connectivity index is 1.28. The molecular formula is C40H25Cl2F5N2O8. The number of carboxylic acids is 1. The molecule has 2 aliphatic heterocycles. The molecule has 4 amide bonds. The number of aromatic hydroxyl groups is 1. The maximum Gasteiger partial charge on any atom is 0.335 e. The summed E-state index contributed by atoms with van der Waals surface area (Å²) in [4.78, 5) is 63.8. The number of halogens is 7. The number of amides is 4. The third-order valence-corrected chi connectivity index (χ3v) is 12.5. The molecule has 2 heterocycles. The zero-order chi connectivity index (χ0) is 40.9. The molecule has 57 heavy (non-hydrogen) atoms. The second-order valence-electron chi connectivity index (χ2n) is 14.1. The Morgan fingerprint density at radius 3 is 2.11 bits per heavy atom. The van der Waals surface area contributed by atoms with E-state index in [1.165, 1.54) is 36.4 Å². The first-order chi connectivity index (χ1) is 27.0. The number of ether oxygens (including phenoxy) is 1. The highest BCUT2D eigenvalue weighted by molar-refractivity contribution is 6.58. The minimum absolute atomic E-state index is 0.0649. The van der Waals surface area contributed by atoms with Crippen LogP contribution < -0.4 is 14.5 Å². The van der Waals surface area contributed by atoms with Crippen LogP contribution in [0.2, 0.25) is 0 Å². The number of phenolic OH excluding ortho intramolecular Hbond substituents is 1. The summed E-state index contributed by atoms with van der Waals surface area (Å²) in [6.45, 7) is 0.0649. The number of hydrogen-bond acceptors (Lipinski definition) is 7. The van der Waals surface area contributed by atoms with Gasteiger partial charge in [-0.05, 0) is 48.6 Å². The number of alkyl halides is 2. The summed E-state index contributed by atoms with van der Waals surface area (Å²) >= 11 is 14.3. The van der Waals surface area contributed by atoms with Crippen LogP contribution in [0.3, 0.4) is 0 Å². The predicted octanol–water partition coefficient (Wildman–Crippen LogP) is 7.13. The van der Waals surface area contributed by atoms with Gasteiger partial charge in [0.1, 0.15) is 23.8 Å². The molecule has 10 nitrogen and oxygen atoms in total. The third kappa shape index (κ3) is 5.38. The van der Waals surface area contributed by atoms with Gasteiger partial charge in [-0.2, -0.15) is 0 Å². The predicted molar refractivity (Wildman–Crippen MR) is 191 cm³/mol. The van der Waals surface area contributed by atoms with E-state index in [2.05, 4.69) is 0 Å². The molecule has 0 radical (unpaired) electrons. The zero-order valence-electron chi connectivity index (χ0n) is 28.8. The highest BCUT2D eigenvalue weighted by atomic mass is 35.5. The summed E-state index contributed by atoms with van der Waals surface area (Å²) in [6, 6.07) is 17.8. The summed E-state index contributed by atoms with van der Waals surface area (Å²) in [5.41, 5.74) is -1.56. The van der Waals surface area contributed by atoms with Crippen LogP contribution in [0.25, 0.3) is 0 Å². The number of carboxylic acid groups (broad SMARTS) is 1. The third-order valence-electron chi connectivity index (χ3n) is 11.1. The van der Waals surface area contributed by atoms with E-state index in [-0.39, 0.29) is 46.1 Å². The van der Waals surface area contributed by atoms with E-state index >= 15 is 8.78 Å². The molecule has 6 unspecified atom stereocenters. The molecule has 1 saturated carbocycles. The molecule has 2 N–H and O–H groups in total. The molecule has 4 aromatic carbocycles. The van der Waals surface area contributed by atoms with Gasteiger partial charge in [-0.15, -0.1) is 23.2 Å². The SMILES string of the molecule is O=C(O)c1cccc(N2C(=O)C3CC=C4C(CC5(Cl)C(=O)N(c6c(F)c(F)c(F)c(F)c6F)C(=O)C5(Cl)C4c4ccc(OCc5ccccc5)cc4O)C3C2=O)c1. The molecule has 4 aliphatic rings. The van der Waals surface area contributed by atoms with Crippen LogP contribution in [0.1, 0.15) is 40.2 Å². The number of allylic oxidation sites excluding steroid dienone is 2. The molecule has 17 heteroatoms. The van der Waals surface area contributed by atoms with Gasteiger partial charge in [0.05, 0.1) is 23.1 Å². The smallest absolute Gasteiger partial charge is 0.335 e. The lowest BCUT2D eigenvalue weighted by Gasteiger charge is -2.50. The van der Waals surface area contributed by atoms with Gasteiger partial charge in [0.25, 0.3) is 11.8 Å². The zero-order valence-corrected chi connectivity index (χ0v) is 30.3. The van der Waals surface area contributed by atoms with Crippen LogP contribution in [0.4, 0.5) is 33.3 Å². The van der Waals surface area contributed by atoms with E-state index in [9.17, 15) is 47.4 Å². The van der Waals surface area contributed by atoms with E-state index in [1.807, 2.05) is 0 Å². The Bertz CT molecular complexity index is 2480. The highest BCUT2D eigenvalue weighted by Crippen LogP contribution is 2.67. The Kier molecular flexibility index (Phi) is 8.96. The largest absolute Gasteiger partial charge is 0.508 e. The first-order valence-corrected chi connectivity index (χ1v) is 18.0. The average Bonchev–Trinajstić information content (AvgIpc) is 3.54. The fourth-order valence-corrected chi connectivity index (χ4v) is 9.47. The standard InChI is InChI=1S/C40H25Cl2F5N2O8/c41-39-15-24-21(11-12-23-26(24)35(52)48(34(23)51)19-8-4-7-18(13-19)36(53)54)27(22-10-9-20(14-25(22)50)57-16-17-5-2-1-3-6-17)40(39,42)38(56)49(37(39)55)33-31(46)29(44)28(43)30(45)32(33)47/h1-11,13-14,23-24,26-27,50H,12,15-16H2,(H,53,54). The van der Waals surface area contributed by atoms with Crippen LogP contribution in [-0.4, -0.2) is 49.6 Å². The van der Waals surface area contributed by atoms with Gasteiger partial charge < -0.3 is 14.9 Å². The first-order valence-electron chi connectivity index (χ1n) is 17.2. The molecule has 4 aromatic rings. The minimum Gasteiger partial charge on any atom is -0.508 e. The second-order valence-corrected chi connectivity index (χ2v) is 15.3. The van der Waals surface area contributed by atoms with Crippen LogP contribution in [0, 0.1) is 46.8 Å². The number of imide groups is 2. The number of rotatable bonds is 7. The van der Waals surface area contributed by atoms with Crippen molar-refractivity contribution in [2.75, 3.05) is 9.80 Å². The number of aromatic carboxylic acids is 1. The highest BCUT2D eigenvalue weighted by Gasteiger charge is 2.77. The van der Waals surface area contributed by atoms with Crippen molar-refractivity contribution in [1.82, 2.24) is 0 Å². The van der Waals surface area contributed by atoms with Gasteiger partial charge in [0, 0.05) is 17.5 Å². The van der Waals surface area contributed by atoms with Gasteiger partial charge in [-0.3, -0.25) is 24.1 Å². The van der Waals surface area contributed by atoms with Gasteiger partial charge in [-0.25, -0.2) is 31.6 Å². The second kappa shape index (κ2) is 13.4. The van der Waals surface area contributed by atoms with Crippen molar-refractivity contribution >= 4 is 64.2 Å². The summed E-state index contributed by atoms with van der Waals surface area (Å²) in [6.07, 6.45) is 0.536. The summed E-state index contributed by atoms with van der Waals surface area (Å²) in [5, 5.41) is 21.1. The summed E-state index contributed by atoms with van der Waals surface area (Å²) < 4.78 is 79.8. The van der Waals surface area contributed by atoms with Crippen molar-refractivity contribution in [3.8, 4) is 11.5 Å². The van der Waals surface area contributed by atoms with E-state index in [1.54, 1.807) is 30.3 Å². The maximum absolute atomic E-state index is 15.4. The van der Waals surface area contributed by atoms with Crippen molar-refractivity contribution in [1.29, 1.82) is 0 Å². The van der Waals surface area contributed by atoms with Crippen LogP contribution in [0.15, 0.2) is 84.4 Å². The minimum atomic E-state index is -2.86. The molecule has 2 aliphatic carbocycles. The molecule has 0 aromatic heterocycles. The monoisotopic (exact) mass is 826 g/mol. The van der Waals surface area contributed by atoms with Gasteiger partial charge in [0.2, 0.25) is 17.6 Å². The molecule has 6 atom stereocenters. The van der Waals surface area contributed by atoms with Crippen LogP contribution >= 0.6 is 23.2 Å². The maximum atomic E-state index is 15.4. The summed E-state index contributed by atoms with van der Waals surface area (Å²) in [7, 11) is 0. The van der Waals surface area contributed by atoms with Crippen molar-refractivity contribution in [2.45, 2.75) is 35.1 Å². The lowest BCUT2D eigenvalue weighted by molar-refractivity contribution is -0.125. The number of benzene rings is 4. The lowest BCUT2D eigenvalue weighted by atomic mass is 9.56.